The standard InChI is InChI=1S/C9H13FN2S/c1-13-6-9(12-11)7-4-2-3-5-8(7)10/h2-5,9,12H,6,11H2,1H3. The van der Waals surface area contributed by atoms with Crippen LogP contribution in [0.4, 0.5) is 4.39 Å². The summed E-state index contributed by atoms with van der Waals surface area (Å²) in [7, 11) is 0. The SMILES string of the molecule is CSCC(NN)c1ccccc1F. The third-order valence-electron chi connectivity index (χ3n) is 1.82. The van der Waals surface area contributed by atoms with Crippen LogP contribution >= 0.6 is 11.8 Å². The highest BCUT2D eigenvalue weighted by molar-refractivity contribution is 7.98. The largest absolute Gasteiger partial charge is 0.271 e. The van der Waals surface area contributed by atoms with E-state index in [0.29, 0.717) is 5.56 Å². The van der Waals surface area contributed by atoms with E-state index in [1.54, 1.807) is 23.9 Å². The zero-order chi connectivity index (χ0) is 9.68. The quantitative estimate of drug-likeness (QED) is 0.574. The first-order valence-corrected chi connectivity index (χ1v) is 5.38. The maximum absolute atomic E-state index is 13.2. The maximum Gasteiger partial charge on any atom is 0.128 e. The molecular formula is C9H13FN2S. The fourth-order valence-corrected chi connectivity index (χ4v) is 1.76. The third-order valence-corrected chi connectivity index (χ3v) is 2.48. The van der Waals surface area contributed by atoms with Crippen molar-refractivity contribution >= 4 is 11.8 Å². The highest BCUT2D eigenvalue weighted by Crippen LogP contribution is 2.18. The Hall–Kier alpha value is -0.580. The second-order valence-corrected chi connectivity index (χ2v) is 3.61. The number of nitrogens with one attached hydrogen (secondary N) is 1. The van der Waals surface area contributed by atoms with Crippen LogP contribution in [-0.4, -0.2) is 12.0 Å². The Kier molecular flexibility index (Phi) is 4.21. The summed E-state index contributed by atoms with van der Waals surface area (Å²) in [5.74, 6) is 5.88. The van der Waals surface area contributed by atoms with Crippen molar-refractivity contribution in [2.45, 2.75) is 6.04 Å². The van der Waals surface area contributed by atoms with Crippen molar-refractivity contribution in [3.8, 4) is 0 Å². The normalized spacial score (nSPS) is 12.8. The monoisotopic (exact) mass is 200 g/mol. The molecular weight excluding hydrogens is 187 g/mol. The predicted molar refractivity (Wildman–Crippen MR) is 54.8 cm³/mol. The molecule has 1 aromatic carbocycles. The van der Waals surface area contributed by atoms with Crippen molar-refractivity contribution in [3.63, 3.8) is 0 Å². The molecule has 3 N–H and O–H groups in total. The minimum Gasteiger partial charge on any atom is -0.271 e. The predicted octanol–water partition coefficient (Wildman–Crippen LogP) is 1.69. The summed E-state index contributed by atoms with van der Waals surface area (Å²) in [6, 6.07) is 6.56. The van der Waals surface area contributed by atoms with Crippen LogP contribution in [0.5, 0.6) is 0 Å². The highest BCUT2D eigenvalue weighted by atomic mass is 32.2. The van der Waals surface area contributed by atoms with E-state index in [2.05, 4.69) is 5.43 Å². The number of thioether (sulfide) groups is 1. The number of hydrazine groups is 1. The van der Waals surface area contributed by atoms with Gasteiger partial charge < -0.3 is 0 Å². The van der Waals surface area contributed by atoms with Gasteiger partial charge in [-0.1, -0.05) is 18.2 Å². The van der Waals surface area contributed by atoms with Gasteiger partial charge in [0.15, 0.2) is 0 Å². The first-order chi connectivity index (χ1) is 6.29. The Balaban J connectivity index is 2.84. The lowest BCUT2D eigenvalue weighted by Gasteiger charge is -2.15. The Bertz CT molecular complexity index is 268. The van der Waals surface area contributed by atoms with E-state index in [9.17, 15) is 4.39 Å². The molecule has 0 saturated carbocycles. The molecule has 4 heteroatoms. The van der Waals surface area contributed by atoms with E-state index in [0.717, 1.165) is 5.75 Å². The van der Waals surface area contributed by atoms with E-state index in [1.165, 1.54) is 6.07 Å². The van der Waals surface area contributed by atoms with Crippen LogP contribution in [0.15, 0.2) is 24.3 Å². The molecule has 0 bridgehead atoms. The van der Waals surface area contributed by atoms with Crippen LogP contribution in [0.1, 0.15) is 11.6 Å². The summed E-state index contributed by atoms with van der Waals surface area (Å²) in [5.41, 5.74) is 3.22. The first-order valence-electron chi connectivity index (χ1n) is 3.99. The maximum atomic E-state index is 13.2. The van der Waals surface area contributed by atoms with Gasteiger partial charge in [0.05, 0.1) is 6.04 Å². The van der Waals surface area contributed by atoms with E-state index in [1.807, 2.05) is 12.3 Å². The van der Waals surface area contributed by atoms with Crippen molar-refractivity contribution in [3.05, 3.63) is 35.6 Å². The van der Waals surface area contributed by atoms with Gasteiger partial charge in [0.2, 0.25) is 0 Å². The molecule has 0 saturated heterocycles. The van der Waals surface area contributed by atoms with Gasteiger partial charge in [0, 0.05) is 11.3 Å². The minimum absolute atomic E-state index is 0.115. The molecule has 0 aromatic heterocycles. The van der Waals surface area contributed by atoms with Gasteiger partial charge in [-0.2, -0.15) is 11.8 Å². The molecule has 0 heterocycles. The Labute approximate surface area is 81.7 Å². The zero-order valence-electron chi connectivity index (χ0n) is 7.46. The Morgan fingerprint density at radius 1 is 1.54 bits per heavy atom. The van der Waals surface area contributed by atoms with Crippen LogP contribution in [0.25, 0.3) is 0 Å². The molecule has 0 aliphatic heterocycles. The molecule has 0 spiro atoms. The van der Waals surface area contributed by atoms with Gasteiger partial charge in [-0.05, 0) is 12.3 Å². The van der Waals surface area contributed by atoms with Crippen molar-refractivity contribution in [2.75, 3.05) is 12.0 Å². The fourth-order valence-electron chi connectivity index (χ4n) is 1.15. The van der Waals surface area contributed by atoms with Gasteiger partial charge in [-0.25, -0.2) is 4.39 Å². The van der Waals surface area contributed by atoms with Gasteiger partial charge in [0.25, 0.3) is 0 Å². The molecule has 0 aliphatic carbocycles. The highest BCUT2D eigenvalue weighted by Gasteiger charge is 2.12. The van der Waals surface area contributed by atoms with Gasteiger partial charge >= 0.3 is 0 Å². The molecule has 1 unspecified atom stereocenters. The summed E-state index contributed by atoms with van der Waals surface area (Å²) in [5, 5.41) is 0. The average molecular weight is 200 g/mol. The van der Waals surface area contributed by atoms with Crippen LogP contribution in [0, 0.1) is 5.82 Å². The molecule has 72 valence electrons. The van der Waals surface area contributed by atoms with Crippen molar-refractivity contribution in [2.24, 2.45) is 5.84 Å². The van der Waals surface area contributed by atoms with Gasteiger partial charge in [-0.3, -0.25) is 11.3 Å². The van der Waals surface area contributed by atoms with E-state index in [4.69, 9.17) is 5.84 Å². The molecule has 0 amide bonds. The molecule has 2 nitrogen and oxygen atoms in total. The molecule has 0 aliphatic rings. The van der Waals surface area contributed by atoms with Gasteiger partial charge in [-0.15, -0.1) is 0 Å². The second-order valence-electron chi connectivity index (χ2n) is 2.70. The number of hydrogen-bond acceptors (Lipinski definition) is 3. The van der Waals surface area contributed by atoms with Crippen molar-refractivity contribution in [1.29, 1.82) is 0 Å². The molecule has 0 fully saturated rings. The average Bonchev–Trinajstić information content (AvgIpc) is 2.16. The Morgan fingerprint density at radius 3 is 2.77 bits per heavy atom. The summed E-state index contributed by atoms with van der Waals surface area (Å²) in [4.78, 5) is 0. The minimum atomic E-state index is -0.209. The lowest BCUT2D eigenvalue weighted by atomic mass is 10.1. The topological polar surface area (TPSA) is 38.0 Å². The fraction of sp³-hybridized carbons (Fsp3) is 0.333. The Morgan fingerprint density at radius 2 is 2.23 bits per heavy atom. The number of rotatable bonds is 4. The molecule has 1 aromatic rings. The summed E-state index contributed by atoms with van der Waals surface area (Å²) in [6.45, 7) is 0. The van der Waals surface area contributed by atoms with Crippen LogP contribution in [0.2, 0.25) is 0 Å². The summed E-state index contributed by atoms with van der Waals surface area (Å²) >= 11 is 1.63. The van der Waals surface area contributed by atoms with E-state index >= 15 is 0 Å². The molecule has 13 heavy (non-hydrogen) atoms. The van der Waals surface area contributed by atoms with E-state index in [-0.39, 0.29) is 11.9 Å². The summed E-state index contributed by atoms with van der Waals surface area (Å²) < 4.78 is 13.2. The smallest absolute Gasteiger partial charge is 0.128 e. The second kappa shape index (κ2) is 5.21. The number of halogens is 1. The molecule has 1 rings (SSSR count). The zero-order valence-corrected chi connectivity index (χ0v) is 8.27. The van der Waals surface area contributed by atoms with Crippen LogP contribution in [0.3, 0.4) is 0 Å². The lowest BCUT2D eigenvalue weighted by Crippen LogP contribution is -2.30. The number of benzene rings is 1. The summed E-state index contributed by atoms with van der Waals surface area (Å²) in [6.07, 6.45) is 1.96. The molecule has 1 atom stereocenters. The first kappa shape index (κ1) is 10.5. The molecule has 0 radical (unpaired) electrons. The van der Waals surface area contributed by atoms with Gasteiger partial charge in [0.1, 0.15) is 5.82 Å². The third kappa shape index (κ3) is 2.69. The van der Waals surface area contributed by atoms with Crippen molar-refractivity contribution in [1.82, 2.24) is 5.43 Å². The number of hydrogen-bond donors (Lipinski definition) is 2. The number of nitrogens with two attached hydrogens (primary N) is 1. The van der Waals surface area contributed by atoms with E-state index < -0.39 is 0 Å². The van der Waals surface area contributed by atoms with Crippen LogP contribution in [-0.2, 0) is 0 Å². The lowest BCUT2D eigenvalue weighted by molar-refractivity contribution is 0.547. The van der Waals surface area contributed by atoms with Crippen molar-refractivity contribution < 1.29 is 4.39 Å². The van der Waals surface area contributed by atoms with Crippen LogP contribution < -0.4 is 11.3 Å².